The third-order valence-corrected chi connectivity index (χ3v) is 6.36. The molecule has 0 amide bonds. The van der Waals surface area contributed by atoms with Crippen molar-refractivity contribution in [2.45, 2.75) is 31.1 Å². The zero-order valence-electron chi connectivity index (χ0n) is 10.1. The summed E-state index contributed by atoms with van der Waals surface area (Å²) in [5, 5.41) is 0.276. The summed E-state index contributed by atoms with van der Waals surface area (Å²) in [6, 6.07) is 3.28. The van der Waals surface area contributed by atoms with E-state index in [4.69, 9.17) is 11.6 Å². The van der Waals surface area contributed by atoms with Crippen LogP contribution in [0.3, 0.4) is 0 Å². The van der Waals surface area contributed by atoms with Crippen LogP contribution in [0, 0.1) is 6.92 Å². The highest BCUT2D eigenvalue weighted by molar-refractivity contribution is 9.10. The minimum atomic E-state index is -3.45. The summed E-state index contributed by atoms with van der Waals surface area (Å²) in [7, 11) is -3.45. The molecule has 0 atom stereocenters. The Labute approximate surface area is 121 Å². The van der Waals surface area contributed by atoms with Gasteiger partial charge in [0.2, 0.25) is 10.0 Å². The lowest BCUT2D eigenvalue weighted by atomic mass is 10.2. The Hall–Kier alpha value is -0.100. The molecule has 1 aliphatic rings. The van der Waals surface area contributed by atoms with E-state index in [1.54, 1.807) is 12.1 Å². The highest BCUT2D eigenvalue weighted by Gasteiger charge is 2.28. The van der Waals surface area contributed by atoms with Crippen LogP contribution in [-0.4, -0.2) is 25.8 Å². The van der Waals surface area contributed by atoms with Crippen LogP contribution in [0.25, 0.3) is 0 Å². The molecule has 0 saturated carbocycles. The predicted octanol–water partition coefficient (Wildman–Crippen LogP) is 3.59. The van der Waals surface area contributed by atoms with E-state index in [0.29, 0.717) is 13.1 Å². The molecule has 0 aromatic heterocycles. The number of halogens is 2. The van der Waals surface area contributed by atoms with Gasteiger partial charge in [-0.25, -0.2) is 8.42 Å². The second-order valence-corrected chi connectivity index (χ2v) is 7.66. The Morgan fingerprint density at radius 1 is 1.22 bits per heavy atom. The maximum absolute atomic E-state index is 12.5. The maximum atomic E-state index is 12.5. The van der Waals surface area contributed by atoms with Crippen molar-refractivity contribution < 1.29 is 8.42 Å². The first kappa shape index (κ1) is 14.3. The van der Waals surface area contributed by atoms with E-state index < -0.39 is 10.0 Å². The Morgan fingerprint density at radius 3 is 2.44 bits per heavy atom. The molecule has 1 aromatic rings. The zero-order chi connectivity index (χ0) is 13.3. The topological polar surface area (TPSA) is 37.4 Å². The Bertz CT molecular complexity index is 553. The summed E-state index contributed by atoms with van der Waals surface area (Å²) in [6.45, 7) is 3.04. The van der Waals surface area contributed by atoms with Gasteiger partial charge in [-0.3, -0.25) is 0 Å². The predicted molar refractivity (Wildman–Crippen MR) is 76.5 cm³/mol. The van der Waals surface area contributed by atoms with Crippen molar-refractivity contribution in [2.24, 2.45) is 0 Å². The molecule has 0 aliphatic carbocycles. The number of nitrogens with zero attached hydrogens (tertiary/aromatic N) is 1. The van der Waals surface area contributed by atoms with Gasteiger partial charge < -0.3 is 0 Å². The average molecular weight is 353 g/mol. The number of piperidine rings is 1. The summed E-state index contributed by atoms with van der Waals surface area (Å²) in [4.78, 5) is 0.215. The standard InChI is InChI=1S/C12H15BrClNO2S/c1-9-7-12(11(14)8-10(9)13)18(16,17)15-5-3-2-4-6-15/h7-8H,2-6H2,1H3. The first-order valence-electron chi connectivity index (χ1n) is 5.89. The molecule has 2 rings (SSSR count). The van der Waals surface area contributed by atoms with E-state index in [0.717, 1.165) is 29.3 Å². The van der Waals surface area contributed by atoms with E-state index >= 15 is 0 Å². The first-order chi connectivity index (χ1) is 8.43. The molecule has 1 aliphatic heterocycles. The van der Waals surface area contributed by atoms with E-state index in [-0.39, 0.29) is 9.92 Å². The molecule has 0 radical (unpaired) electrons. The van der Waals surface area contributed by atoms with Crippen LogP contribution in [0.15, 0.2) is 21.5 Å². The third-order valence-electron chi connectivity index (χ3n) is 3.15. The van der Waals surface area contributed by atoms with E-state index in [1.807, 2.05) is 6.92 Å². The van der Waals surface area contributed by atoms with Crippen molar-refractivity contribution in [3.63, 3.8) is 0 Å². The van der Waals surface area contributed by atoms with Crippen molar-refractivity contribution in [1.82, 2.24) is 4.31 Å². The van der Waals surface area contributed by atoms with Crippen LogP contribution in [0.1, 0.15) is 24.8 Å². The summed E-state index contributed by atoms with van der Waals surface area (Å²) in [5.74, 6) is 0. The van der Waals surface area contributed by atoms with Gasteiger partial charge in [-0.15, -0.1) is 0 Å². The molecule has 1 saturated heterocycles. The van der Waals surface area contributed by atoms with Gasteiger partial charge in [-0.1, -0.05) is 34.0 Å². The van der Waals surface area contributed by atoms with Crippen LogP contribution in [0.4, 0.5) is 0 Å². The fourth-order valence-corrected chi connectivity index (χ4v) is 4.65. The SMILES string of the molecule is Cc1cc(S(=O)(=O)N2CCCCC2)c(Cl)cc1Br. The number of rotatable bonds is 2. The van der Waals surface area contributed by atoms with Gasteiger partial charge >= 0.3 is 0 Å². The van der Waals surface area contributed by atoms with Gasteiger partial charge in [0.25, 0.3) is 0 Å². The summed E-state index contributed by atoms with van der Waals surface area (Å²) >= 11 is 9.42. The Morgan fingerprint density at radius 2 is 1.83 bits per heavy atom. The van der Waals surface area contributed by atoms with Gasteiger partial charge in [0.05, 0.1) is 5.02 Å². The molecule has 3 nitrogen and oxygen atoms in total. The number of hydrogen-bond acceptors (Lipinski definition) is 2. The minimum absolute atomic E-state index is 0.215. The molecule has 1 fully saturated rings. The maximum Gasteiger partial charge on any atom is 0.244 e. The van der Waals surface area contributed by atoms with E-state index in [1.165, 1.54) is 4.31 Å². The summed E-state index contributed by atoms with van der Waals surface area (Å²) in [6.07, 6.45) is 2.94. The molecule has 100 valence electrons. The van der Waals surface area contributed by atoms with Crippen molar-refractivity contribution in [1.29, 1.82) is 0 Å². The molecule has 1 heterocycles. The monoisotopic (exact) mass is 351 g/mol. The lowest BCUT2D eigenvalue weighted by molar-refractivity contribution is 0.346. The first-order valence-corrected chi connectivity index (χ1v) is 8.50. The largest absolute Gasteiger partial charge is 0.244 e. The van der Waals surface area contributed by atoms with Gasteiger partial charge in [-0.2, -0.15) is 4.31 Å². The highest BCUT2D eigenvalue weighted by Crippen LogP contribution is 2.31. The van der Waals surface area contributed by atoms with Gasteiger partial charge in [-0.05, 0) is 37.5 Å². The second-order valence-electron chi connectivity index (χ2n) is 4.50. The summed E-state index contributed by atoms with van der Waals surface area (Å²) < 4.78 is 27.4. The van der Waals surface area contributed by atoms with Gasteiger partial charge in [0.15, 0.2) is 0 Å². The molecular formula is C12H15BrClNO2S. The van der Waals surface area contributed by atoms with Crippen LogP contribution in [0.5, 0.6) is 0 Å². The smallest absolute Gasteiger partial charge is 0.207 e. The van der Waals surface area contributed by atoms with Crippen molar-refractivity contribution in [2.75, 3.05) is 13.1 Å². The average Bonchev–Trinajstić information content (AvgIpc) is 2.34. The van der Waals surface area contributed by atoms with Crippen LogP contribution in [0.2, 0.25) is 5.02 Å². The molecule has 6 heteroatoms. The quantitative estimate of drug-likeness (QED) is 0.816. The Kier molecular flexibility index (Phi) is 4.36. The van der Waals surface area contributed by atoms with Crippen molar-refractivity contribution >= 4 is 37.6 Å². The fourth-order valence-electron chi connectivity index (χ4n) is 2.07. The van der Waals surface area contributed by atoms with E-state index in [2.05, 4.69) is 15.9 Å². The fraction of sp³-hybridized carbons (Fsp3) is 0.500. The summed E-state index contributed by atoms with van der Waals surface area (Å²) in [5.41, 5.74) is 0.870. The Balaban J connectivity index is 2.43. The molecule has 1 aromatic carbocycles. The minimum Gasteiger partial charge on any atom is -0.207 e. The van der Waals surface area contributed by atoms with Crippen molar-refractivity contribution in [3.05, 3.63) is 27.2 Å². The molecule has 18 heavy (non-hydrogen) atoms. The lowest BCUT2D eigenvalue weighted by Crippen LogP contribution is -2.35. The van der Waals surface area contributed by atoms with Crippen LogP contribution >= 0.6 is 27.5 Å². The lowest BCUT2D eigenvalue weighted by Gasteiger charge is -2.26. The molecule has 0 bridgehead atoms. The zero-order valence-corrected chi connectivity index (χ0v) is 13.3. The molecular weight excluding hydrogens is 338 g/mol. The number of hydrogen-bond donors (Lipinski definition) is 0. The van der Waals surface area contributed by atoms with Gasteiger partial charge in [0.1, 0.15) is 4.90 Å². The highest BCUT2D eigenvalue weighted by atomic mass is 79.9. The normalized spacial score (nSPS) is 17.9. The third kappa shape index (κ3) is 2.74. The molecule has 0 N–H and O–H groups in total. The van der Waals surface area contributed by atoms with Crippen molar-refractivity contribution in [3.8, 4) is 0 Å². The number of sulfonamides is 1. The molecule has 0 spiro atoms. The number of aryl methyl sites for hydroxylation is 1. The van der Waals surface area contributed by atoms with Gasteiger partial charge in [0, 0.05) is 17.6 Å². The number of benzene rings is 1. The van der Waals surface area contributed by atoms with Crippen LogP contribution < -0.4 is 0 Å². The van der Waals surface area contributed by atoms with E-state index in [9.17, 15) is 8.42 Å². The second kappa shape index (κ2) is 5.49. The van der Waals surface area contributed by atoms with Crippen LogP contribution in [-0.2, 0) is 10.0 Å². The molecule has 0 unspecified atom stereocenters.